The van der Waals surface area contributed by atoms with Gasteiger partial charge in [-0.3, -0.25) is 37.3 Å². The van der Waals surface area contributed by atoms with Gasteiger partial charge in [-0.1, -0.05) is 420 Å². The van der Waals surface area contributed by atoms with Crippen LogP contribution in [0.2, 0.25) is 0 Å². The molecule has 0 aliphatic heterocycles. The highest BCUT2D eigenvalue weighted by Crippen LogP contribution is 2.45. The monoisotopic (exact) mass is 1560 g/mol. The number of rotatable bonds is 87. The lowest BCUT2D eigenvalue weighted by atomic mass is 9.99. The molecule has 0 saturated heterocycles. The molecular formula is C88H172O17P2. The van der Waals surface area contributed by atoms with E-state index >= 15 is 0 Å². The molecule has 0 spiro atoms. The van der Waals surface area contributed by atoms with Gasteiger partial charge in [0.2, 0.25) is 0 Å². The number of carbonyl (C=O) groups excluding carboxylic acids is 4. The molecule has 0 aromatic rings. The van der Waals surface area contributed by atoms with Crippen LogP contribution in [0.25, 0.3) is 0 Å². The second-order valence-electron chi connectivity index (χ2n) is 32.4. The Kier molecular flexibility index (Phi) is 77.9. The molecule has 0 aromatic heterocycles. The Bertz CT molecular complexity index is 2050. The van der Waals surface area contributed by atoms with Crippen LogP contribution in [-0.4, -0.2) is 96.7 Å². The van der Waals surface area contributed by atoms with Gasteiger partial charge in [-0.05, 0) is 37.5 Å². The zero-order valence-electron chi connectivity index (χ0n) is 70.5. The number of ether oxygens (including phenoxy) is 4. The minimum Gasteiger partial charge on any atom is -0.462 e. The molecule has 636 valence electrons. The molecule has 6 atom stereocenters. The summed E-state index contributed by atoms with van der Waals surface area (Å²) < 4.78 is 68.9. The summed E-state index contributed by atoms with van der Waals surface area (Å²) in [5.74, 6) is -0.421. The highest BCUT2D eigenvalue weighted by atomic mass is 31.2. The van der Waals surface area contributed by atoms with Crippen molar-refractivity contribution in [3.63, 3.8) is 0 Å². The van der Waals surface area contributed by atoms with Crippen LogP contribution in [0.5, 0.6) is 0 Å². The topological polar surface area (TPSA) is 237 Å². The first kappa shape index (κ1) is 105. The summed E-state index contributed by atoms with van der Waals surface area (Å²) in [6.45, 7) is 9.77. The van der Waals surface area contributed by atoms with Crippen molar-refractivity contribution < 1.29 is 80.2 Å². The summed E-state index contributed by atoms with van der Waals surface area (Å²) in [6, 6.07) is 0. The first-order chi connectivity index (χ1) is 51.9. The molecule has 0 aliphatic rings. The molecule has 0 aliphatic carbocycles. The Labute approximate surface area is 658 Å². The molecule has 107 heavy (non-hydrogen) atoms. The van der Waals surface area contributed by atoms with E-state index < -0.39 is 97.5 Å². The van der Waals surface area contributed by atoms with Gasteiger partial charge < -0.3 is 33.8 Å². The van der Waals surface area contributed by atoms with Gasteiger partial charge in [0.1, 0.15) is 19.3 Å². The van der Waals surface area contributed by atoms with Gasteiger partial charge in [-0.25, -0.2) is 9.13 Å². The van der Waals surface area contributed by atoms with Gasteiger partial charge in [-0.15, -0.1) is 0 Å². The molecule has 0 amide bonds. The van der Waals surface area contributed by atoms with Crippen LogP contribution in [0, 0.1) is 11.8 Å². The van der Waals surface area contributed by atoms with Crippen molar-refractivity contribution in [1.29, 1.82) is 0 Å². The van der Waals surface area contributed by atoms with Crippen LogP contribution in [0.15, 0.2) is 0 Å². The maximum atomic E-state index is 13.2. The fraction of sp³-hybridized carbons (Fsp3) is 0.955. The van der Waals surface area contributed by atoms with Crippen LogP contribution >= 0.6 is 15.6 Å². The third kappa shape index (κ3) is 80.5. The average Bonchev–Trinajstić information content (AvgIpc) is 0.900. The normalized spacial score (nSPS) is 14.0. The molecule has 0 bridgehead atoms. The van der Waals surface area contributed by atoms with Crippen LogP contribution < -0.4 is 0 Å². The predicted molar refractivity (Wildman–Crippen MR) is 442 cm³/mol. The first-order valence-electron chi connectivity index (χ1n) is 45.5. The van der Waals surface area contributed by atoms with Gasteiger partial charge in [0.15, 0.2) is 12.2 Å². The molecule has 0 saturated carbocycles. The summed E-state index contributed by atoms with van der Waals surface area (Å²) >= 11 is 0. The van der Waals surface area contributed by atoms with Gasteiger partial charge in [0.05, 0.1) is 26.4 Å². The lowest BCUT2D eigenvalue weighted by Gasteiger charge is -2.21. The molecule has 0 heterocycles. The van der Waals surface area contributed by atoms with Crippen molar-refractivity contribution in [3.8, 4) is 0 Å². The van der Waals surface area contributed by atoms with E-state index in [1.165, 1.54) is 289 Å². The van der Waals surface area contributed by atoms with E-state index in [1.807, 2.05) is 0 Å². The maximum Gasteiger partial charge on any atom is 0.472 e. The Morgan fingerprint density at radius 3 is 0.710 bits per heavy atom. The summed E-state index contributed by atoms with van der Waals surface area (Å²) in [4.78, 5) is 73.3. The summed E-state index contributed by atoms with van der Waals surface area (Å²) in [6.07, 6.45) is 72.1. The number of phosphoric acid groups is 2. The van der Waals surface area contributed by atoms with E-state index in [1.54, 1.807) is 0 Å². The number of phosphoric ester groups is 2. The lowest BCUT2D eigenvalue weighted by molar-refractivity contribution is -0.161. The SMILES string of the molecule is CCCCCCCCCCCCCCCCCCCC(=O)O[C@H](COC(=O)CCCCCCCCCCCC)COP(=O)(O)OC[C@H](O)COP(=O)(O)OC[C@@H](COC(=O)CCCCCCCCCCCCCCCCCC(C)C)OC(=O)CCCCCCCCCCCCCCCCCCCCC(C)CC. The average molecular weight is 1560 g/mol. The Morgan fingerprint density at radius 2 is 0.477 bits per heavy atom. The zero-order chi connectivity index (χ0) is 78.5. The molecule has 19 heteroatoms. The fourth-order valence-corrected chi connectivity index (χ4v) is 15.3. The van der Waals surface area contributed by atoms with Gasteiger partial charge in [0.25, 0.3) is 0 Å². The van der Waals surface area contributed by atoms with E-state index in [0.29, 0.717) is 25.7 Å². The standard InChI is InChI=1S/C88H172O17P2/c1-7-10-12-14-16-18-20-21-22-25-31-37-42-48-54-60-66-72-87(92)104-83(76-98-85(90)70-64-58-52-46-19-17-15-13-11-8-2)78-102-106(94,95)100-74-82(89)75-101-107(96,97)103-79-84(77-99-86(91)71-65-59-53-47-41-36-33-28-29-34-39-44-50-56-62-68-80(4)5)105-88(93)73-67-61-55-49-43-38-32-27-24-23-26-30-35-40-45-51-57-63-69-81(6)9-3/h80-84,89H,7-79H2,1-6H3,(H,94,95)(H,96,97)/t81?,82-,83+,84+/m0/s1. The lowest BCUT2D eigenvalue weighted by Crippen LogP contribution is -2.30. The Balaban J connectivity index is 5.22. The van der Waals surface area contributed by atoms with Gasteiger partial charge >= 0.3 is 39.5 Å². The van der Waals surface area contributed by atoms with Crippen molar-refractivity contribution in [1.82, 2.24) is 0 Å². The number of aliphatic hydroxyl groups excluding tert-OH is 1. The number of carbonyl (C=O) groups is 4. The number of aliphatic hydroxyl groups is 1. The predicted octanol–water partition coefficient (Wildman–Crippen LogP) is 27.0. The molecule has 17 nitrogen and oxygen atoms in total. The molecule has 3 unspecified atom stereocenters. The second-order valence-corrected chi connectivity index (χ2v) is 35.3. The summed E-state index contributed by atoms with van der Waals surface area (Å²) in [7, 11) is -9.93. The van der Waals surface area contributed by atoms with Crippen LogP contribution in [0.3, 0.4) is 0 Å². The Hall–Kier alpha value is -1.94. The van der Waals surface area contributed by atoms with Crippen LogP contribution in [-0.2, 0) is 65.4 Å². The van der Waals surface area contributed by atoms with Crippen molar-refractivity contribution in [2.24, 2.45) is 11.8 Å². The third-order valence-corrected chi connectivity index (χ3v) is 23.0. The Morgan fingerprint density at radius 1 is 0.271 bits per heavy atom. The third-order valence-electron chi connectivity index (χ3n) is 21.1. The summed E-state index contributed by atoms with van der Waals surface area (Å²) in [5.41, 5.74) is 0. The van der Waals surface area contributed by atoms with Crippen molar-refractivity contribution in [3.05, 3.63) is 0 Å². The quantitative estimate of drug-likeness (QED) is 0.0222. The highest BCUT2D eigenvalue weighted by molar-refractivity contribution is 7.47. The number of esters is 4. The smallest absolute Gasteiger partial charge is 0.462 e. The molecule has 0 fully saturated rings. The van der Waals surface area contributed by atoms with Crippen LogP contribution in [0.4, 0.5) is 0 Å². The highest BCUT2D eigenvalue weighted by Gasteiger charge is 2.31. The largest absolute Gasteiger partial charge is 0.472 e. The van der Waals surface area contributed by atoms with Gasteiger partial charge in [0, 0.05) is 25.7 Å². The molecule has 0 rings (SSSR count). The van der Waals surface area contributed by atoms with E-state index in [-0.39, 0.29) is 25.7 Å². The first-order valence-corrected chi connectivity index (χ1v) is 48.5. The second kappa shape index (κ2) is 79.3. The fourth-order valence-electron chi connectivity index (χ4n) is 13.7. The van der Waals surface area contributed by atoms with E-state index in [2.05, 4.69) is 41.5 Å². The summed E-state index contributed by atoms with van der Waals surface area (Å²) in [5, 5.41) is 10.7. The number of hydrogen-bond donors (Lipinski definition) is 3. The van der Waals surface area contributed by atoms with Crippen molar-refractivity contribution >= 4 is 39.5 Å². The molecule has 0 aromatic carbocycles. The van der Waals surface area contributed by atoms with E-state index in [9.17, 15) is 43.2 Å². The molecule has 0 radical (unpaired) electrons. The van der Waals surface area contributed by atoms with Gasteiger partial charge in [-0.2, -0.15) is 0 Å². The van der Waals surface area contributed by atoms with Crippen LogP contribution in [0.1, 0.15) is 472 Å². The van der Waals surface area contributed by atoms with E-state index in [0.717, 1.165) is 102 Å². The number of unbranched alkanes of at least 4 members (excludes halogenated alkanes) is 56. The molecule has 3 N–H and O–H groups in total. The minimum absolute atomic E-state index is 0.109. The minimum atomic E-state index is -4.97. The number of hydrogen-bond acceptors (Lipinski definition) is 15. The van der Waals surface area contributed by atoms with Crippen molar-refractivity contribution in [2.45, 2.75) is 490 Å². The zero-order valence-corrected chi connectivity index (χ0v) is 72.2. The maximum absolute atomic E-state index is 13.2. The van der Waals surface area contributed by atoms with Crippen molar-refractivity contribution in [2.75, 3.05) is 39.6 Å². The molecular weight excluding hydrogens is 1390 g/mol. The van der Waals surface area contributed by atoms with E-state index in [4.69, 9.17) is 37.0 Å².